The van der Waals surface area contributed by atoms with Crippen molar-refractivity contribution in [2.45, 2.75) is 37.9 Å². The Morgan fingerprint density at radius 3 is 2.21 bits per heavy atom. The van der Waals surface area contributed by atoms with Crippen LogP contribution in [0.15, 0.2) is 108 Å². The second-order valence-corrected chi connectivity index (χ2v) is 10.3. The second kappa shape index (κ2) is 13.3. The van der Waals surface area contributed by atoms with Gasteiger partial charge in [-0.1, -0.05) is 78.9 Å². The zero-order valence-corrected chi connectivity index (χ0v) is 22.9. The van der Waals surface area contributed by atoms with E-state index in [1.165, 1.54) is 0 Å². The van der Waals surface area contributed by atoms with E-state index in [2.05, 4.69) is 15.2 Å². The molecule has 214 valence electrons. The first-order valence-electron chi connectivity index (χ1n) is 13.9. The molecule has 2 atom stereocenters. The normalized spacial score (nSPS) is 16.2. The lowest BCUT2D eigenvalue weighted by Crippen LogP contribution is -2.39. The molecule has 4 aromatic carbocycles. The Morgan fingerprint density at radius 1 is 0.881 bits per heavy atom. The molecule has 5 rings (SSSR count). The van der Waals surface area contributed by atoms with E-state index in [0.717, 1.165) is 43.1 Å². The number of halogens is 2. The molecule has 42 heavy (non-hydrogen) atoms. The molecule has 1 fully saturated rings. The number of carbonyl (C=O) groups is 2. The smallest absolute Gasteiger partial charge is 0.328 e. The highest BCUT2D eigenvalue weighted by Gasteiger charge is 2.31. The monoisotopic (exact) mass is 567 g/mol. The highest BCUT2D eigenvalue weighted by atomic mass is 19.1. The maximum absolute atomic E-state index is 13.9. The van der Waals surface area contributed by atoms with Gasteiger partial charge < -0.3 is 10.4 Å². The van der Waals surface area contributed by atoms with E-state index in [4.69, 9.17) is 0 Å². The van der Waals surface area contributed by atoms with Crippen LogP contribution >= 0.6 is 0 Å². The molecule has 1 aliphatic rings. The molecule has 0 aliphatic carbocycles. The van der Waals surface area contributed by atoms with Crippen molar-refractivity contribution in [3.8, 4) is 0 Å². The number of aliphatic carboxylic acids is 1. The van der Waals surface area contributed by atoms with Crippen LogP contribution in [0.5, 0.6) is 0 Å². The van der Waals surface area contributed by atoms with Gasteiger partial charge in [0.1, 0.15) is 11.6 Å². The SMILES string of the molecule is O=C(O)[C@H](Cc1cc(F)cc(F)c1)N=C(c1ccccc1)c1ccccc1NC(=O)[C@@H]1CCCN1Cc1ccccc1. The molecule has 0 radical (unpaired) electrons. The van der Waals surface area contributed by atoms with E-state index in [0.29, 0.717) is 29.1 Å². The molecule has 0 spiro atoms. The van der Waals surface area contributed by atoms with E-state index in [1.807, 2.05) is 48.5 Å². The number of likely N-dealkylation sites (tertiary alicyclic amines) is 1. The van der Waals surface area contributed by atoms with Crippen LogP contribution in [0.2, 0.25) is 0 Å². The van der Waals surface area contributed by atoms with Crippen molar-refractivity contribution in [2.24, 2.45) is 4.99 Å². The molecule has 2 N–H and O–H groups in total. The topological polar surface area (TPSA) is 82.0 Å². The standard InChI is InChI=1S/C34H31F2N3O3/c35-26-18-24(19-27(36)21-26)20-30(34(41)42)37-32(25-12-5-2-6-13-25)28-14-7-8-15-29(28)38-33(40)31-16-9-17-39(31)22-23-10-3-1-4-11-23/h1-8,10-15,18-19,21,30-31H,9,16-17,20,22H2,(H,38,40)(H,41,42)/t30-,31-/m0/s1. The van der Waals surface area contributed by atoms with Gasteiger partial charge in [0.15, 0.2) is 6.04 Å². The Hall–Kier alpha value is -4.69. The number of anilines is 1. The van der Waals surface area contributed by atoms with Crippen LogP contribution in [0.3, 0.4) is 0 Å². The molecular formula is C34H31F2N3O3. The Kier molecular flexibility index (Phi) is 9.14. The van der Waals surface area contributed by atoms with Crippen molar-refractivity contribution in [1.82, 2.24) is 4.90 Å². The molecular weight excluding hydrogens is 536 g/mol. The van der Waals surface area contributed by atoms with E-state index >= 15 is 0 Å². The van der Waals surface area contributed by atoms with Gasteiger partial charge in [-0.3, -0.25) is 14.7 Å². The van der Waals surface area contributed by atoms with Gasteiger partial charge in [-0.05, 0) is 48.7 Å². The van der Waals surface area contributed by atoms with Crippen LogP contribution in [-0.2, 0) is 22.6 Å². The number of benzene rings is 4. The molecule has 4 aromatic rings. The predicted molar refractivity (Wildman–Crippen MR) is 159 cm³/mol. The second-order valence-electron chi connectivity index (χ2n) is 10.3. The predicted octanol–water partition coefficient (Wildman–Crippen LogP) is 6.10. The van der Waals surface area contributed by atoms with Crippen molar-refractivity contribution >= 4 is 23.3 Å². The van der Waals surface area contributed by atoms with E-state index in [1.54, 1.807) is 36.4 Å². The minimum absolute atomic E-state index is 0.145. The van der Waals surface area contributed by atoms with Crippen LogP contribution in [0, 0.1) is 11.6 Å². The van der Waals surface area contributed by atoms with Gasteiger partial charge in [-0.2, -0.15) is 0 Å². The quantitative estimate of drug-likeness (QED) is 0.227. The molecule has 0 unspecified atom stereocenters. The summed E-state index contributed by atoms with van der Waals surface area (Å²) in [6.45, 7) is 1.48. The molecule has 0 aromatic heterocycles. The van der Waals surface area contributed by atoms with Crippen molar-refractivity contribution in [3.63, 3.8) is 0 Å². The third kappa shape index (κ3) is 7.14. The minimum Gasteiger partial charge on any atom is -0.480 e. The van der Waals surface area contributed by atoms with Crippen LogP contribution in [0.25, 0.3) is 0 Å². The summed E-state index contributed by atoms with van der Waals surface area (Å²) < 4.78 is 27.7. The largest absolute Gasteiger partial charge is 0.480 e. The minimum atomic E-state index is -1.33. The number of hydrogen-bond donors (Lipinski definition) is 2. The highest BCUT2D eigenvalue weighted by molar-refractivity contribution is 6.17. The van der Waals surface area contributed by atoms with Crippen molar-refractivity contribution in [1.29, 1.82) is 0 Å². The Morgan fingerprint density at radius 2 is 1.52 bits per heavy atom. The summed E-state index contributed by atoms with van der Waals surface area (Å²) >= 11 is 0. The maximum atomic E-state index is 13.9. The van der Waals surface area contributed by atoms with E-state index in [9.17, 15) is 23.5 Å². The number of para-hydroxylation sites is 1. The van der Waals surface area contributed by atoms with E-state index in [-0.39, 0.29) is 23.9 Å². The summed E-state index contributed by atoms with van der Waals surface area (Å²) in [6, 6.07) is 27.5. The molecule has 1 aliphatic heterocycles. The molecule has 1 saturated heterocycles. The third-order valence-corrected chi connectivity index (χ3v) is 7.30. The van der Waals surface area contributed by atoms with Crippen molar-refractivity contribution in [3.05, 3.63) is 137 Å². The zero-order chi connectivity index (χ0) is 29.5. The third-order valence-electron chi connectivity index (χ3n) is 7.30. The average Bonchev–Trinajstić information content (AvgIpc) is 3.44. The average molecular weight is 568 g/mol. The van der Waals surface area contributed by atoms with Gasteiger partial charge in [0.25, 0.3) is 0 Å². The number of carboxylic acids is 1. The molecule has 0 bridgehead atoms. The molecule has 1 heterocycles. The lowest BCUT2D eigenvalue weighted by Gasteiger charge is -2.24. The fourth-order valence-corrected chi connectivity index (χ4v) is 5.34. The number of carboxylic acid groups (broad SMARTS) is 1. The Labute approximate surface area is 243 Å². The summed E-state index contributed by atoms with van der Waals surface area (Å²) in [7, 11) is 0. The fourth-order valence-electron chi connectivity index (χ4n) is 5.34. The fraction of sp³-hybridized carbons (Fsp3) is 0.206. The number of hydrogen-bond acceptors (Lipinski definition) is 4. The van der Waals surface area contributed by atoms with Gasteiger partial charge >= 0.3 is 5.97 Å². The summed E-state index contributed by atoms with van der Waals surface area (Å²) in [5.74, 6) is -2.96. The van der Waals surface area contributed by atoms with Crippen LogP contribution in [0.4, 0.5) is 14.5 Å². The van der Waals surface area contributed by atoms with Crippen molar-refractivity contribution < 1.29 is 23.5 Å². The molecule has 6 nitrogen and oxygen atoms in total. The Balaban J connectivity index is 1.47. The highest BCUT2D eigenvalue weighted by Crippen LogP contribution is 2.25. The first-order chi connectivity index (χ1) is 20.4. The van der Waals surface area contributed by atoms with Crippen molar-refractivity contribution in [2.75, 3.05) is 11.9 Å². The number of nitrogens with zero attached hydrogens (tertiary/aromatic N) is 2. The molecule has 8 heteroatoms. The number of aliphatic imine (C=N–C) groups is 1. The van der Waals surface area contributed by atoms with Gasteiger partial charge in [-0.25, -0.2) is 13.6 Å². The number of rotatable bonds is 10. The summed E-state index contributed by atoms with van der Waals surface area (Å²) in [5.41, 5.74) is 3.34. The number of carbonyl (C=O) groups excluding carboxylic acids is 1. The van der Waals surface area contributed by atoms with E-state index < -0.39 is 23.6 Å². The molecule has 0 saturated carbocycles. The molecule has 1 amide bonds. The van der Waals surface area contributed by atoms with Crippen LogP contribution < -0.4 is 5.32 Å². The number of nitrogens with one attached hydrogen (secondary N) is 1. The summed E-state index contributed by atoms with van der Waals surface area (Å²) in [5, 5.41) is 13.1. The first kappa shape index (κ1) is 28.8. The van der Waals surface area contributed by atoms with Crippen LogP contribution in [-0.4, -0.2) is 46.2 Å². The summed E-state index contributed by atoms with van der Waals surface area (Å²) in [6.07, 6.45) is 1.42. The number of amides is 1. The maximum Gasteiger partial charge on any atom is 0.328 e. The van der Waals surface area contributed by atoms with Crippen LogP contribution in [0.1, 0.15) is 35.1 Å². The zero-order valence-electron chi connectivity index (χ0n) is 22.9. The van der Waals surface area contributed by atoms with Gasteiger partial charge in [0.2, 0.25) is 5.91 Å². The van der Waals surface area contributed by atoms with Gasteiger partial charge in [0.05, 0.1) is 17.4 Å². The lowest BCUT2D eigenvalue weighted by molar-refractivity contribution is -0.138. The van der Waals surface area contributed by atoms with Gasteiger partial charge in [0, 0.05) is 30.2 Å². The Bertz CT molecular complexity index is 1560. The summed E-state index contributed by atoms with van der Waals surface area (Å²) in [4.78, 5) is 32.7. The van der Waals surface area contributed by atoms with Gasteiger partial charge in [-0.15, -0.1) is 0 Å². The lowest BCUT2D eigenvalue weighted by atomic mass is 9.98. The first-order valence-corrected chi connectivity index (χ1v) is 13.9.